The average molecular weight is 431 g/mol. The Balaban J connectivity index is 2.32. The maximum atomic E-state index is 12.9. The first-order valence-corrected chi connectivity index (χ1v) is 9.84. The molecule has 2 aromatic carbocycles. The first-order valence-electron chi connectivity index (χ1n) is 7.99. The zero-order chi connectivity index (χ0) is 22.0. The Hall–Kier alpha value is -3.15. The number of nitro groups is 1. The van der Waals surface area contributed by atoms with Crippen LogP contribution in [0.2, 0.25) is 0 Å². The van der Waals surface area contributed by atoms with E-state index < -0.39 is 39.1 Å². The number of rotatable bonds is 6. The van der Waals surface area contributed by atoms with Gasteiger partial charge in [0.15, 0.2) is 0 Å². The van der Waals surface area contributed by atoms with Crippen LogP contribution in [0.15, 0.2) is 42.5 Å². The van der Waals surface area contributed by atoms with Crippen LogP contribution in [0.25, 0.3) is 0 Å². The van der Waals surface area contributed by atoms with Gasteiger partial charge in [-0.3, -0.25) is 19.2 Å². The van der Waals surface area contributed by atoms with Gasteiger partial charge in [0.1, 0.15) is 6.54 Å². The number of benzene rings is 2. The second-order valence-electron chi connectivity index (χ2n) is 6.12. The van der Waals surface area contributed by atoms with E-state index in [2.05, 4.69) is 5.32 Å². The Morgan fingerprint density at radius 3 is 2.41 bits per heavy atom. The number of hydrogen-bond acceptors (Lipinski definition) is 5. The molecule has 0 unspecified atom stereocenters. The van der Waals surface area contributed by atoms with E-state index in [9.17, 15) is 36.5 Å². The lowest BCUT2D eigenvalue weighted by Crippen LogP contribution is -2.37. The molecular weight excluding hydrogens is 415 g/mol. The minimum absolute atomic E-state index is 0.0849. The maximum Gasteiger partial charge on any atom is 0.416 e. The molecule has 0 saturated heterocycles. The Kier molecular flexibility index (Phi) is 6.16. The first-order chi connectivity index (χ1) is 13.3. The number of non-ortho nitro benzene ring substituents is 1. The molecule has 156 valence electrons. The van der Waals surface area contributed by atoms with E-state index >= 15 is 0 Å². The second kappa shape index (κ2) is 8.07. The van der Waals surface area contributed by atoms with Crippen molar-refractivity contribution in [2.45, 2.75) is 13.1 Å². The molecule has 29 heavy (non-hydrogen) atoms. The predicted molar refractivity (Wildman–Crippen MR) is 100 cm³/mol. The van der Waals surface area contributed by atoms with Gasteiger partial charge < -0.3 is 5.32 Å². The number of amides is 1. The van der Waals surface area contributed by atoms with Gasteiger partial charge in [0, 0.05) is 12.1 Å². The molecule has 0 spiro atoms. The number of nitrogens with zero attached hydrogens (tertiary/aromatic N) is 2. The summed E-state index contributed by atoms with van der Waals surface area (Å²) in [5, 5.41) is 13.2. The molecule has 0 aliphatic heterocycles. The minimum Gasteiger partial charge on any atom is -0.324 e. The number of carbonyl (C=O) groups excluding carboxylic acids is 1. The molecule has 0 saturated carbocycles. The first kappa shape index (κ1) is 22.1. The van der Waals surface area contributed by atoms with Crippen LogP contribution in [0.5, 0.6) is 0 Å². The van der Waals surface area contributed by atoms with Crippen molar-refractivity contribution in [2.24, 2.45) is 0 Å². The minimum atomic E-state index is -4.69. The van der Waals surface area contributed by atoms with Gasteiger partial charge in [0.05, 0.1) is 28.1 Å². The van der Waals surface area contributed by atoms with E-state index in [0.29, 0.717) is 15.9 Å². The lowest BCUT2D eigenvalue weighted by atomic mass is 10.2. The number of sulfonamides is 1. The predicted octanol–water partition coefficient (Wildman–Crippen LogP) is 3.33. The molecule has 0 fully saturated rings. The van der Waals surface area contributed by atoms with Gasteiger partial charge in [-0.15, -0.1) is 0 Å². The largest absolute Gasteiger partial charge is 0.416 e. The fourth-order valence-corrected chi connectivity index (χ4v) is 3.26. The number of halogens is 3. The summed E-state index contributed by atoms with van der Waals surface area (Å²) in [6, 6.07) is 7.28. The van der Waals surface area contributed by atoms with Crippen molar-refractivity contribution in [3.63, 3.8) is 0 Å². The van der Waals surface area contributed by atoms with Crippen molar-refractivity contribution in [1.82, 2.24) is 0 Å². The summed E-state index contributed by atoms with van der Waals surface area (Å²) in [4.78, 5) is 22.6. The molecule has 2 rings (SSSR count). The number of alkyl halides is 3. The topological polar surface area (TPSA) is 110 Å². The molecule has 0 heterocycles. The molecule has 0 aromatic heterocycles. The molecule has 8 nitrogen and oxygen atoms in total. The van der Waals surface area contributed by atoms with E-state index in [4.69, 9.17) is 0 Å². The quantitative estimate of drug-likeness (QED) is 0.557. The number of carbonyl (C=O) groups is 1. The summed E-state index contributed by atoms with van der Waals surface area (Å²) in [6.45, 7) is 0.753. The second-order valence-corrected chi connectivity index (χ2v) is 8.03. The summed E-state index contributed by atoms with van der Waals surface area (Å²) in [6.07, 6.45) is -3.94. The van der Waals surface area contributed by atoms with E-state index in [1.165, 1.54) is 12.1 Å². The Morgan fingerprint density at radius 1 is 1.21 bits per heavy atom. The smallest absolute Gasteiger partial charge is 0.324 e. The van der Waals surface area contributed by atoms with Gasteiger partial charge in [-0.1, -0.05) is 12.1 Å². The highest BCUT2D eigenvalue weighted by Gasteiger charge is 2.32. The highest BCUT2D eigenvalue weighted by molar-refractivity contribution is 7.92. The number of nitro benzene ring substituents is 1. The van der Waals surface area contributed by atoms with Crippen LogP contribution < -0.4 is 9.62 Å². The summed E-state index contributed by atoms with van der Waals surface area (Å²) in [7, 11) is -4.10. The standard InChI is InChI=1S/C17H16F3N3O5S/c1-11-6-7-14(23(25)26)9-15(11)21-16(24)10-22(29(2,27)28)13-5-3-4-12(8-13)17(18,19)20/h3-9H,10H2,1-2H3,(H,21,24). The van der Waals surface area contributed by atoms with E-state index in [1.807, 2.05) is 0 Å². The highest BCUT2D eigenvalue weighted by atomic mass is 32.2. The molecule has 1 N–H and O–H groups in total. The highest BCUT2D eigenvalue weighted by Crippen LogP contribution is 2.32. The van der Waals surface area contributed by atoms with Crippen LogP contribution in [-0.2, 0) is 21.0 Å². The Bertz CT molecular complexity index is 1050. The number of aryl methyl sites for hydroxylation is 1. The van der Waals surface area contributed by atoms with Crippen molar-refractivity contribution in [3.05, 3.63) is 63.7 Å². The third-order valence-electron chi connectivity index (χ3n) is 3.86. The SMILES string of the molecule is Cc1ccc([N+](=O)[O-])cc1NC(=O)CN(c1cccc(C(F)(F)F)c1)S(C)(=O)=O. The molecule has 0 aliphatic rings. The van der Waals surface area contributed by atoms with E-state index in [0.717, 1.165) is 30.5 Å². The lowest BCUT2D eigenvalue weighted by molar-refractivity contribution is -0.384. The van der Waals surface area contributed by atoms with Gasteiger partial charge in [0.25, 0.3) is 5.69 Å². The summed E-state index contributed by atoms with van der Waals surface area (Å²) in [5.74, 6) is -0.878. The normalized spacial score (nSPS) is 11.8. The Labute approximate surface area is 164 Å². The lowest BCUT2D eigenvalue weighted by Gasteiger charge is -2.23. The van der Waals surface area contributed by atoms with Crippen molar-refractivity contribution in [2.75, 3.05) is 22.4 Å². The third-order valence-corrected chi connectivity index (χ3v) is 5.00. The average Bonchev–Trinajstić information content (AvgIpc) is 2.59. The fraction of sp³-hybridized carbons (Fsp3) is 0.235. The van der Waals surface area contributed by atoms with Crippen LogP contribution >= 0.6 is 0 Å². The van der Waals surface area contributed by atoms with Crippen LogP contribution in [-0.4, -0.2) is 32.0 Å². The third kappa shape index (κ3) is 5.67. The molecule has 12 heteroatoms. The van der Waals surface area contributed by atoms with Crippen LogP contribution in [0, 0.1) is 17.0 Å². The number of anilines is 2. The molecular formula is C17H16F3N3O5S. The molecule has 1 amide bonds. The molecule has 0 radical (unpaired) electrons. The van der Waals surface area contributed by atoms with Crippen molar-refractivity contribution in [1.29, 1.82) is 0 Å². The van der Waals surface area contributed by atoms with E-state index in [-0.39, 0.29) is 17.1 Å². The Morgan fingerprint density at radius 2 is 1.86 bits per heavy atom. The van der Waals surface area contributed by atoms with Crippen molar-refractivity contribution in [3.8, 4) is 0 Å². The van der Waals surface area contributed by atoms with Gasteiger partial charge in [-0.25, -0.2) is 8.42 Å². The number of hydrogen-bond donors (Lipinski definition) is 1. The molecule has 0 bridgehead atoms. The van der Waals surface area contributed by atoms with Crippen LogP contribution in [0.1, 0.15) is 11.1 Å². The zero-order valence-corrected chi connectivity index (χ0v) is 16.0. The zero-order valence-electron chi connectivity index (χ0n) is 15.2. The van der Waals surface area contributed by atoms with Gasteiger partial charge in [-0.2, -0.15) is 13.2 Å². The summed E-state index contributed by atoms with van der Waals surface area (Å²) >= 11 is 0. The van der Waals surface area contributed by atoms with Crippen molar-refractivity contribution >= 4 is 33.0 Å². The molecule has 2 aromatic rings. The molecule has 0 aliphatic carbocycles. The summed E-state index contributed by atoms with van der Waals surface area (Å²) in [5.41, 5.74) is -1.13. The monoisotopic (exact) mass is 431 g/mol. The summed E-state index contributed by atoms with van der Waals surface area (Å²) < 4.78 is 63.4. The van der Waals surface area contributed by atoms with Gasteiger partial charge in [0.2, 0.25) is 15.9 Å². The van der Waals surface area contributed by atoms with Gasteiger partial charge in [-0.05, 0) is 30.7 Å². The van der Waals surface area contributed by atoms with Crippen molar-refractivity contribution < 1.29 is 31.3 Å². The number of nitrogens with one attached hydrogen (secondary N) is 1. The van der Waals surface area contributed by atoms with E-state index in [1.54, 1.807) is 6.92 Å². The molecule has 0 atom stereocenters. The maximum absolute atomic E-state index is 12.9. The van der Waals surface area contributed by atoms with Gasteiger partial charge >= 0.3 is 6.18 Å². The fourth-order valence-electron chi connectivity index (χ4n) is 2.42. The van der Waals surface area contributed by atoms with Crippen LogP contribution in [0.4, 0.5) is 30.2 Å². The van der Waals surface area contributed by atoms with Crippen LogP contribution in [0.3, 0.4) is 0 Å².